The van der Waals surface area contributed by atoms with Gasteiger partial charge in [-0.3, -0.25) is 0 Å². The molecule has 2 N–H and O–H groups in total. The number of aromatic amines is 1. The van der Waals surface area contributed by atoms with E-state index < -0.39 is 5.97 Å². The molecule has 0 atom stereocenters. The Morgan fingerprint density at radius 1 is 1.22 bits per heavy atom. The number of H-pyrrole nitrogens is 1. The third kappa shape index (κ3) is 4.01. The van der Waals surface area contributed by atoms with Crippen molar-refractivity contribution in [3.63, 3.8) is 0 Å². The molecule has 0 aliphatic heterocycles. The van der Waals surface area contributed by atoms with Gasteiger partial charge in [0.1, 0.15) is 17.2 Å². The fourth-order valence-corrected chi connectivity index (χ4v) is 5.30. The number of benzene rings is 2. The second kappa shape index (κ2) is 9.02. The molecule has 0 spiro atoms. The average molecular weight is 547 g/mol. The number of carbonyl (C=O) groups is 1. The average Bonchev–Trinajstić information content (AvgIpc) is 3.26. The summed E-state index contributed by atoms with van der Waals surface area (Å²) in [6, 6.07) is 13.6. The first-order valence-corrected chi connectivity index (χ1v) is 12.7. The van der Waals surface area contributed by atoms with Gasteiger partial charge in [0.25, 0.3) is 0 Å². The molecule has 10 heteroatoms. The molecule has 5 aromatic rings. The standard InChI is InChI=1S/C26H23BrN6O3/c1-2-21-28-19(12-14-7-8-14)23(26(34)35)33(21)13-15-9-10-20-18(11-15)22(27)24(36-20)16-5-3-4-6-17(16)25-29-31-32-30-25/h3-6,9-11,14H,2,7-8,12-13H2,1H3,(H,34,35)(H,29,30,31,32). The summed E-state index contributed by atoms with van der Waals surface area (Å²) in [6.07, 6.45) is 3.70. The van der Waals surface area contributed by atoms with Crippen molar-refractivity contribution in [3.05, 3.63) is 69.7 Å². The van der Waals surface area contributed by atoms with Crippen LogP contribution in [0.1, 0.15) is 47.3 Å². The Morgan fingerprint density at radius 3 is 2.72 bits per heavy atom. The molecule has 182 valence electrons. The summed E-state index contributed by atoms with van der Waals surface area (Å²) in [5.41, 5.74) is 4.33. The molecule has 1 saturated carbocycles. The van der Waals surface area contributed by atoms with E-state index in [2.05, 4.69) is 36.6 Å². The van der Waals surface area contributed by atoms with Crippen molar-refractivity contribution in [1.29, 1.82) is 0 Å². The number of aryl methyl sites for hydroxylation is 1. The first kappa shape index (κ1) is 22.7. The van der Waals surface area contributed by atoms with Crippen LogP contribution >= 0.6 is 15.9 Å². The Bertz CT molecular complexity index is 1580. The number of hydrogen-bond acceptors (Lipinski definition) is 6. The number of nitrogens with one attached hydrogen (secondary N) is 1. The van der Waals surface area contributed by atoms with Crippen LogP contribution in [0, 0.1) is 5.92 Å². The zero-order chi connectivity index (χ0) is 24.8. The van der Waals surface area contributed by atoms with Crippen LogP contribution in [0.2, 0.25) is 0 Å². The number of carboxylic acids is 1. The van der Waals surface area contributed by atoms with Crippen molar-refractivity contribution in [2.75, 3.05) is 0 Å². The number of aromatic nitrogens is 6. The number of halogens is 1. The number of furan rings is 1. The summed E-state index contributed by atoms with van der Waals surface area (Å²) in [5.74, 6) is 1.57. The third-order valence-corrected chi connectivity index (χ3v) is 7.39. The molecule has 3 aromatic heterocycles. The van der Waals surface area contributed by atoms with Crippen molar-refractivity contribution in [3.8, 4) is 22.7 Å². The van der Waals surface area contributed by atoms with E-state index in [1.807, 2.05) is 54.0 Å². The van der Waals surface area contributed by atoms with E-state index in [1.165, 1.54) is 0 Å². The smallest absolute Gasteiger partial charge is 0.354 e. The number of tetrazole rings is 1. The lowest BCUT2D eigenvalue weighted by Crippen LogP contribution is -2.13. The summed E-state index contributed by atoms with van der Waals surface area (Å²) < 4.78 is 8.90. The number of hydrogen-bond donors (Lipinski definition) is 2. The predicted octanol–water partition coefficient (Wildman–Crippen LogP) is 5.50. The Labute approximate surface area is 214 Å². The maximum absolute atomic E-state index is 12.2. The van der Waals surface area contributed by atoms with E-state index in [0.717, 1.165) is 57.2 Å². The van der Waals surface area contributed by atoms with Gasteiger partial charge in [-0.2, -0.15) is 5.21 Å². The van der Waals surface area contributed by atoms with E-state index in [-0.39, 0.29) is 0 Å². The van der Waals surface area contributed by atoms with Gasteiger partial charge < -0.3 is 14.1 Å². The van der Waals surface area contributed by atoms with Crippen LogP contribution in [0.5, 0.6) is 0 Å². The van der Waals surface area contributed by atoms with Gasteiger partial charge in [-0.15, -0.1) is 10.2 Å². The minimum Gasteiger partial charge on any atom is -0.477 e. The predicted molar refractivity (Wildman–Crippen MR) is 137 cm³/mol. The lowest BCUT2D eigenvalue weighted by molar-refractivity contribution is 0.0684. The maximum Gasteiger partial charge on any atom is 0.354 e. The molecular weight excluding hydrogens is 524 g/mol. The van der Waals surface area contributed by atoms with Gasteiger partial charge in [0, 0.05) is 29.5 Å². The maximum atomic E-state index is 12.2. The topological polar surface area (TPSA) is 123 Å². The molecule has 0 saturated heterocycles. The van der Waals surface area contributed by atoms with Crippen LogP contribution in [0.15, 0.2) is 51.4 Å². The summed E-state index contributed by atoms with van der Waals surface area (Å²) in [6.45, 7) is 2.43. The molecule has 1 aliphatic rings. The van der Waals surface area contributed by atoms with Gasteiger partial charge in [-0.25, -0.2) is 9.78 Å². The van der Waals surface area contributed by atoms with Gasteiger partial charge in [-0.05, 0) is 64.0 Å². The highest BCUT2D eigenvalue weighted by Gasteiger charge is 2.29. The number of fused-ring (bicyclic) bond motifs is 1. The first-order valence-electron chi connectivity index (χ1n) is 11.9. The summed E-state index contributed by atoms with van der Waals surface area (Å²) in [4.78, 5) is 16.9. The Balaban J connectivity index is 1.40. The molecule has 1 fully saturated rings. The normalized spacial score (nSPS) is 13.5. The summed E-state index contributed by atoms with van der Waals surface area (Å²) in [7, 11) is 0. The monoisotopic (exact) mass is 546 g/mol. The Kier molecular flexibility index (Phi) is 5.67. The van der Waals surface area contributed by atoms with Crippen LogP contribution in [0.25, 0.3) is 33.7 Å². The molecule has 0 amide bonds. The molecule has 3 heterocycles. The second-order valence-corrected chi connectivity index (χ2v) is 9.87. The SMILES string of the molecule is CCc1nc(CC2CC2)c(C(=O)O)n1Cc1ccc2oc(-c3ccccc3-c3nn[nH]n3)c(Br)c2c1. The minimum absolute atomic E-state index is 0.305. The Morgan fingerprint density at radius 2 is 2.03 bits per heavy atom. The number of imidazole rings is 1. The molecule has 0 bridgehead atoms. The van der Waals surface area contributed by atoms with Gasteiger partial charge in [0.15, 0.2) is 5.69 Å². The van der Waals surface area contributed by atoms with Crippen LogP contribution in [0.4, 0.5) is 0 Å². The molecule has 1 aliphatic carbocycles. The minimum atomic E-state index is -0.927. The van der Waals surface area contributed by atoms with Crippen molar-refractivity contribution < 1.29 is 14.3 Å². The number of nitrogens with zero attached hydrogens (tertiary/aromatic N) is 5. The highest BCUT2D eigenvalue weighted by molar-refractivity contribution is 9.10. The van der Waals surface area contributed by atoms with Crippen LogP contribution in [0.3, 0.4) is 0 Å². The van der Waals surface area contributed by atoms with E-state index >= 15 is 0 Å². The van der Waals surface area contributed by atoms with Gasteiger partial charge in [-0.1, -0.05) is 37.3 Å². The first-order chi connectivity index (χ1) is 17.5. The molecule has 0 radical (unpaired) electrons. The van der Waals surface area contributed by atoms with Crippen molar-refractivity contribution >= 4 is 32.9 Å². The number of aromatic carboxylic acids is 1. The molecule has 6 rings (SSSR count). The zero-order valence-electron chi connectivity index (χ0n) is 19.5. The van der Waals surface area contributed by atoms with Gasteiger partial charge >= 0.3 is 5.97 Å². The summed E-state index contributed by atoms with van der Waals surface area (Å²) in [5, 5.41) is 25.3. The van der Waals surface area contributed by atoms with E-state index in [1.54, 1.807) is 0 Å². The molecule has 36 heavy (non-hydrogen) atoms. The fraction of sp³-hybridized carbons (Fsp3) is 0.269. The van der Waals surface area contributed by atoms with Crippen LogP contribution in [-0.2, 0) is 19.4 Å². The van der Waals surface area contributed by atoms with E-state index in [0.29, 0.717) is 41.9 Å². The molecule has 2 aromatic carbocycles. The highest BCUT2D eigenvalue weighted by Crippen LogP contribution is 2.41. The lowest BCUT2D eigenvalue weighted by Gasteiger charge is -2.10. The van der Waals surface area contributed by atoms with Crippen molar-refractivity contribution in [2.24, 2.45) is 5.92 Å². The number of carboxylic acid groups (broad SMARTS) is 1. The third-order valence-electron chi connectivity index (χ3n) is 6.61. The van der Waals surface area contributed by atoms with E-state index in [4.69, 9.17) is 9.40 Å². The molecule has 9 nitrogen and oxygen atoms in total. The lowest BCUT2D eigenvalue weighted by atomic mass is 10.0. The van der Waals surface area contributed by atoms with Crippen molar-refractivity contribution in [2.45, 2.75) is 39.2 Å². The molecular formula is C26H23BrN6O3. The largest absolute Gasteiger partial charge is 0.477 e. The fourth-order valence-electron chi connectivity index (χ4n) is 4.69. The van der Waals surface area contributed by atoms with E-state index in [9.17, 15) is 9.90 Å². The van der Waals surface area contributed by atoms with Crippen molar-refractivity contribution in [1.82, 2.24) is 30.2 Å². The number of rotatable bonds is 8. The van der Waals surface area contributed by atoms with Gasteiger partial charge in [0.2, 0.25) is 5.82 Å². The quantitative estimate of drug-likeness (QED) is 0.263. The zero-order valence-corrected chi connectivity index (χ0v) is 21.1. The molecule has 0 unspecified atom stereocenters. The van der Waals surface area contributed by atoms with Crippen LogP contribution in [-0.4, -0.2) is 41.3 Å². The second-order valence-electron chi connectivity index (χ2n) is 9.07. The highest BCUT2D eigenvalue weighted by atomic mass is 79.9. The Hall–Kier alpha value is -3.79. The van der Waals surface area contributed by atoms with Crippen LogP contribution < -0.4 is 0 Å². The summed E-state index contributed by atoms with van der Waals surface area (Å²) >= 11 is 3.74. The van der Waals surface area contributed by atoms with Gasteiger partial charge in [0.05, 0.1) is 10.2 Å².